The Morgan fingerprint density at radius 1 is 1.41 bits per heavy atom. The molecule has 0 bridgehead atoms. The highest BCUT2D eigenvalue weighted by Gasteiger charge is 2.45. The molecule has 1 atom stereocenters. The lowest BCUT2D eigenvalue weighted by atomic mass is 9.83. The summed E-state index contributed by atoms with van der Waals surface area (Å²) < 4.78 is 42.1. The molecule has 1 aliphatic carbocycles. The van der Waals surface area contributed by atoms with Crippen molar-refractivity contribution in [1.82, 2.24) is 9.55 Å². The van der Waals surface area contributed by atoms with Gasteiger partial charge in [-0.15, -0.1) is 0 Å². The predicted molar refractivity (Wildman–Crippen MR) is 103 cm³/mol. The molecule has 0 fully saturated rings. The highest BCUT2D eigenvalue weighted by molar-refractivity contribution is 5.87. The molecular formula is C21H21F3N4O. The van der Waals surface area contributed by atoms with Crippen LogP contribution < -0.4 is 4.90 Å². The van der Waals surface area contributed by atoms with E-state index in [4.69, 9.17) is 5.26 Å². The molecule has 8 heteroatoms. The van der Waals surface area contributed by atoms with Crippen molar-refractivity contribution in [2.45, 2.75) is 39.4 Å². The van der Waals surface area contributed by atoms with Gasteiger partial charge in [0.15, 0.2) is 0 Å². The van der Waals surface area contributed by atoms with E-state index in [0.717, 1.165) is 18.0 Å². The van der Waals surface area contributed by atoms with Crippen LogP contribution in [0.1, 0.15) is 38.3 Å². The standard InChI is InChI=1S/C21H21F3N4O/c1-4-28(16-6-5-14(11-25)17(10-16)21(22,23)24)18-9-15(12-29)19(20(18,2)3)27-8-7-26-13-27/h5-8,10,12-13,18H,4,9H2,1-3H3. The molecule has 0 radical (unpaired) electrons. The summed E-state index contributed by atoms with van der Waals surface area (Å²) in [5.74, 6) is 0. The molecule has 0 spiro atoms. The molecule has 29 heavy (non-hydrogen) atoms. The van der Waals surface area contributed by atoms with Crippen LogP contribution in [0, 0.1) is 16.7 Å². The summed E-state index contributed by atoms with van der Waals surface area (Å²) in [7, 11) is 0. The SMILES string of the molecule is CCN(c1ccc(C#N)c(C(F)(F)F)c1)C1CC(C=O)=C(n2ccnc2)C1(C)C. The molecule has 152 valence electrons. The van der Waals surface area contributed by atoms with E-state index in [0.29, 0.717) is 24.2 Å². The summed E-state index contributed by atoms with van der Waals surface area (Å²) >= 11 is 0. The zero-order chi connectivity index (χ0) is 21.4. The number of hydrogen-bond donors (Lipinski definition) is 0. The summed E-state index contributed by atoms with van der Waals surface area (Å²) in [4.78, 5) is 17.7. The Bertz CT molecular complexity index is 984. The van der Waals surface area contributed by atoms with Gasteiger partial charge < -0.3 is 9.47 Å². The number of benzene rings is 1. The fourth-order valence-electron chi connectivity index (χ4n) is 4.25. The number of carbonyl (C=O) groups excluding carboxylic acids is 1. The zero-order valence-corrected chi connectivity index (χ0v) is 16.4. The third kappa shape index (κ3) is 3.53. The van der Waals surface area contributed by atoms with Crippen molar-refractivity contribution in [1.29, 1.82) is 5.26 Å². The number of carbonyl (C=O) groups is 1. The fourth-order valence-corrected chi connectivity index (χ4v) is 4.25. The summed E-state index contributed by atoms with van der Waals surface area (Å²) in [5, 5.41) is 9.05. The maximum atomic E-state index is 13.4. The second kappa shape index (κ2) is 7.39. The second-order valence-electron chi connectivity index (χ2n) is 7.53. The molecule has 0 N–H and O–H groups in total. The zero-order valence-electron chi connectivity index (χ0n) is 16.4. The second-order valence-corrected chi connectivity index (χ2v) is 7.53. The van der Waals surface area contributed by atoms with Crippen LogP contribution in [0.4, 0.5) is 18.9 Å². The molecular weight excluding hydrogens is 381 g/mol. The molecule has 1 aromatic carbocycles. The number of rotatable bonds is 5. The van der Waals surface area contributed by atoms with Crippen LogP contribution in [0.25, 0.3) is 5.70 Å². The van der Waals surface area contributed by atoms with E-state index in [9.17, 15) is 18.0 Å². The molecule has 0 aliphatic heterocycles. The molecule has 1 aliphatic rings. The van der Waals surface area contributed by atoms with Crippen molar-refractivity contribution in [2.75, 3.05) is 11.4 Å². The lowest BCUT2D eigenvalue weighted by Gasteiger charge is -2.40. The van der Waals surface area contributed by atoms with Gasteiger partial charge in [-0.1, -0.05) is 13.8 Å². The van der Waals surface area contributed by atoms with Gasteiger partial charge in [0.1, 0.15) is 6.29 Å². The van der Waals surface area contributed by atoms with E-state index in [1.165, 1.54) is 12.1 Å². The molecule has 1 heterocycles. The minimum atomic E-state index is -4.63. The monoisotopic (exact) mass is 402 g/mol. The third-order valence-corrected chi connectivity index (χ3v) is 5.54. The minimum absolute atomic E-state index is 0.237. The van der Waals surface area contributed by atoms with E-state index in [1.54, 1.807) is 29.4 Å². The average Bonchev–Trinajstić information content (AvgIpc) is 3.27. The van der Waals surface area contributed by atoms with Crippen molar-refractivity contribution < 1.29 is 18.0 Å². The third-order valence-electron chi connectivity index (χ3n) is 5.54. The van der Waals surface area contributed by atoms with Crippen LogP contribution in [0.2, 0.25) is 0 Å². The Morgan fingerprint density at radius 2 is 2.14 bits per heavy atom. The molecule has 3 rings (SSSR count). The molecule has 0 saturated carbocycles. The number of alkyl halides is 3. The van der Waals surface area contributed by atoms with Crippen LogP contribution in [0.5, 0.6) is 0 Å². The van der Waals surface area contributed by atoms with E-state index >= 15 is 0 Å². The normalized spacial score (nSPS) is 18.6. The first-order chi connectivity index (χ1) is 13.6. The van der Waals surface area contributed by atoms with Gasteiger partial charge in [-0.25, -0.2) is 4.98 Å². The minimum Gasteiger partial charge on any atom is -0.368 e. The topological polar surface area (TPSA) is 61.9 Å². The number of imidazole rings is 1. The number of nitrogens with zero attached hydrogens (tertiary/aromatic N) is 4. The fraction of sp³-hybridized carbons (Fsp3) is 0.381. The van der Waals surface area contributed by atoms with Gasteiger partial charge in [0.25, 0.3) is 0 Å². The van der Waals surface area contributed by atoms with Crippen molar-refractivity contribution in [2.24, 2.45) is 5.41 Å². The lowest BCUT2D eigenvalue weighted by molar-refractivity contribution is -0.137. The molecule has 1 unspecified atom stereocenters. The first-order valence-electron chi connectivity index (χ1n) is 9.20. The highest BCUT2D eigenvalue weighted by atomic mass is 19.4. The van der Waals surface area contributed by atoms with Gasteiger partial charge in [-0.05, 0) is 31.5 Å². The number of halogens is 3. The maximum absolute atomic E-state index is 13.4. The van der Waals surface area contributed by atoms with Gasteiger partial charge in [0.05, 0.1) is 23.5 Å². The first kappa shape index (κ1) is 20.6. The summed E-state index contributed by atoms with van der Waals surface area (Å²) in [6.07, 6.45) is 1.57. The summed E-state index contributed by atoms with van der Waals surface area (Å²) in [5.41, 5.74) is -0.133. The Hall–Kier alpha value is -3.08. The average molecular weight is 402 g/mol. The van der Waals surface area contributed by atoms with Crippen molar-refractivity contribution >= 4 is 17.7 Å². The number of aromatic nitrogens is 2. The maximum Gasteiger partial charge on any atom is 0.417 e. The quantitative estimate of drug-likeness (QED) is 0.691. The Morgan fingerprint density at radius 3 is 2.66 bits per heavy atom. The van der Waals surface area contributed by atoms with Crippen LogP contribution in [0.15, 0.2) is 42.5 Å². The summed E-state index contributed by atoms with van der Waals surface area (Å²) in [6, 6.07) is 5.13. The van der Waals surface area contributed by atoms with E-state index in [2.05, 4.69) is 4.98 Å². The molecule has 2 aromatic rings. The Labute approximate surface area is 167 Å². The van der Waals surface area contributed by atoms with Crippen LogP contribution in [0.3, 0.4) is 0 Å². The smallest absolute Gasteiger partial charge is 0.368 e. The van der Waals surface area contributed by atoms with E-state index in [-0.39, 0.29) is 6.04 Å². The van der Waals surface area contributed by atoms with Crippen LogP contribution in [-0.2, 0) is 11.0 Å². The van der Waals surface area contributed by atoms with Crippen molar-refractivity contribution in [3.8, 4) is 6.07 Å². The molecule has 1 aromatic heterocycles. The van der Waals surface area contributed by atoms with Gasteiger partial charge in [0.2, 0.25) is 0 Å². The van der Waals surface area contributed by atoms with Gasteiger partial charge in [-0.3, -0.25) is 4.79 Å². The molecule has 0 saturated heterocycles. The molecule has 0 amide bonds. The number of aldehydes is 1. The first-order valence-corrected chi connectivity index (χ1v) is 9.20. The number of nitriles is 1. The van der Waals surface area contributed by atoms with Gasteiger partial charge in [-0.2, -0.15) is 18.4 Å². The van der Waals surface area contributed by atoms with Crippen molar-refractivity contribution in [3.05, 3.63) is 53.6 Å². The van der Waals surface area contributed by atoms with Gasteiger partial charge >= 0.3 is 6.18 Å². The van der Waals surface area contributed by atoms with Gasteiger partial charge in [0, 0.05) is 47.4 Å². The Balaban J connectivity index is 2.06. The number of anilines is 1. The van der Waals surface area contributed by atoms with Crippen molar-refractivity contribution in [3.63, 3.8) is 0 Å². The Kier molecular flexibility index (Phi) is 5.26. The highest BCUT2D eigenvalue weighted by Crippen LogP contribution is 2.48. The van der Waals surface area contributed by atoms with E-state index in [1.807, 2.05) is 25.7 Å². The predicted octanol–water partition coefficient (Wildman–Crippen LogP) is 4.51. The van der Waals surface area contributed by atoms with Crippen LogP contribution >= 0.6 is 0 Å². The largest absolute Gasteiger partial charge is 0.417 e. The molecule has 5 nitrogen and oxygen atoms in total. The summed E-state index contributed by atoms with van der Waals surface area (Å²) in [6.45, 7) is 6.25. The lowest BCUT2D eigenvalue weighted by Crippen LogP contribution is -2.44. The van der Waals surface area contributed by atoms with E-state index < -0.39 is 22.7 Å². The number of hydrogen-bond acceptors (Lipinski definition) is 4. The van der Waals surface area contributed by atoms with Crippen LogP contribution in [-0.4, -0.2) is 28.4 Å².